The third-order valence-corrected chi connectivity index (χ3v) is 2.51. The van der Waals surface area contributed by atoms with Gasteiger partial charge in [0.15, 0.2) is 5.82 Å². The molecule has 0 spiro atoms. The molecule has 0 aliphatic rings. The van der Waals surface area contributed by atoms with Crippen molar-refractivity contribution in [1.82, 2.24) is 15.5 Å². The van der Waals surface area contributed by atoms with Crippen molar-refractivity contribution in [2.24, 2.45) is 5.73 Å². The number of carbonyl (C=O) groups excluding carboxylic acids is 1. The molecule has 19 heavy (non-hydrogen) atoms. The van der Waals surface area contributed by atoms with Gasteiger partial charge in [-0.25, -0.2) is 4.79 Å². The summed E-state index contributed by atoms with van der Waals surface area (Å²) < 4.78 is 4.56. The number of urea groups is 1. The molecule has 7 heteroatoms. The van der Waals surface area contributed by atoms with E-state index >= 15 is 0 Å². The highest BCUT2D eigenvalue weighted by molar-refractivity contribution is 5.89. The summed E-state index contributed by atoms with van der Waals surface area (Å²) in [6.45, 7) is 2.11. The smallest absolute Gasteiger partial charge is 0.319 e. The number of amides is 2. The van der Waals surface area contributed by atoms with E-state index in [2.05, 4.69) is 25.3 Å². The highest BCUT2D eigenvalue weighted by Gasteiger charge is 2.04. The highest BCUT2D eigenvalue weighted by atomic mass is 16.5. The third-order valence-electron chi connectivity index (χ3n) is 2.51. The third kappa shape index (κ3) is 3.78. The first-order valence-electron chi connectivity index (χ1n) is 5.81. The van der Waals surface area contributed by atoms with Crippen molar-refractivity contribution >= 4 is 11.7 Å². The number of hydrogen-bond donors (Lipinski definition) is 3. The van der Waals surface area contributed by atoms with Gasteiger partial charge in [0, 0.05) is 11.7 Å². The maximum Gasteiger partial charge on any atom is 0.319 e. The summed E-state index contributed by atoms with van der Waals surface area (Å²) >= 11 is 0. The van der Waals surface area contributed by atoms with Gasteiger partial charge in [-0.05, 0) is 24.6 Å². The van der Waals surface area contributed by atoms with Gasteiger partial charge in [0.1, 0.15) is 0 Å². The predicted octanol–water partition coefficient (Wildman–Crippen LogP) is 1.41. The Morgan fingerprint density at radius 3 is 2.74 bits per heavy atom. The number of aromatic nitrogens is 2. The molecule has 1 atom stereocenters. The van der Waals surface area contributed by atoms with Crippen LogP contribution in [0.5, 0.6) is 0 Å². The second-order valence-electron chi connectivity index (χ2n) is 4.07. The topological polar surface area (TPSA) is 106 Å². The SMILES string of the molecule is CC(N)c1ccc(NC(=O)NCc2ncon2)cc1. The van der Waals surface area contributed by atoms with Crippen molar-refractivity contribution in [3.05, 3.63) is 42.0 Å². The molecule has 1 aromatic carbocycles. The summed E-state index contributed by atoms with van der Waals surface area (Å²) in [4.78, 5) is 15.4. The maximum absolute atomic E-state index is 11.6. The van der Waals surface area contributed by atoms with Crippen LogP contribution in [0.2, 0.25) is 0 Å². The molecule has 0 radical (unpaired) electrons. The highest BCUT2D eigenvalue weighted by Crippen LogP contribution is 2.13. The lowest BCUT2D eigenvalue weighted by Crippen LogP contribution is -2.28. The van der Waals surface area contributed by atoms with Crippen molar-refractivity contribution in [3.8, 4) is 0 Å². The van der Waals surface area contributed by atoms with Gasteiger partial charge in [-0.3, -0.25) is 0 Å². The molecule has 0 saturated heterocycles. The van der Waals surface area contributed by atoms with Crippen LogP contribution >= 0.6 is 0 Å². The minimum atomic E-state index is -0.335. The number of nitrogens with zero attached hydrogens (tertiary/aromatic N) is 2. The molecule has 0 aliphatic carbocycles. The van der Waals surface area contributed by atoms with E-state index in [0.29, 0.717) is 11.5 Å². The lowest BCUT2D eigenvalue weighted by atomic mass is 10.1. The van der Waals surface area contributed by atoms with Crippen LogP contribution < -0.4 is 16.4 Å². The Morgan fingerprint density at radius 1 is 1.42 bits per heavy atom. The number of nitrogens with one attached hydrogen (secondary N) is 2. The molecule has 0 aliphatic heterocycles. The molecule has 0 fully saturated rings. The summed E-state index contributed by atoms with van der Waals surface area (Å²) in [5.41, 5.74) is 7.45. The summed E-state index contributed by atoms with van der Waals surface area (Å²) in [5, 5.41) is 8.89. The van der Waals surface area contributed by atoms with Crippen molar-refractivity contribution in [2.75, 3.05) is 5.32 Å². The van der Waals surface area contributed by atoms with Gasteiger partial charge in [-0.1, -0.05) is 17.3 Å². The van der Waals surface area contributed by atoms with E-state index in [4.69, 9.17) is 5.73 Å². The van der Waals surface area contributed by atoms with Gasteiger partial charge in [-0.15, -0.1) is 0 Å². The number of rotatable bonds is 4. The van der Waals surface area contributed by atoms with Crippen molar-refractivity contribution < 1.29 is 9.32 Å². The van der Waals surface area contributed by atoms with E-state index in [9.17, 15) is 4.79 Å². The molecular weight excluding hydrogens is 246 g/mol. The zero-order valence-electron chi connectivity index (χ0n) is 10.5. The fourth-order valence-electron chi connectivity index (χ4n) is 1.47. The Kier molecular flexibility index (Phi) is 4.09. The first-order valence-corrected chi connectivity index (χ1v) is 5.81. The average Bonchev–Trinajstić information content (AvgIpc) is 2.90. The number of benzene rings is 1. The number of anilines is 1. The van der Waals surface area contributed by atoms with Gasteiger partial charge in [-0.2, -0.15) is 4.98 Å². The lowest BCUT2D eigenvalue weighted by molar-refractivity contribution is 0.251. The minimum absolute atomic E-state index is 0.0267. The Hall–Kier alpha value is -2.41. The Morgan fingerprint density at radius 2 is 2.16 bits per heavy atom. The van der Waals surface area contributed by atoms with E-state index < -0.39 is 0 Å². The van der Waals surface area contributed by atoms with Gasteiger partial charge in [0.05, 0.1) is 6.54 Å². The molecule has 0 saturated carbocycles. The van der Waals surface area contributed by atoms with Crippen LogP contribution in [0, 0.1) is 0 Å². The monoisotopic (exact) mass is 261 g/mol. The maximum atomic E-state index is 11.6. The Labute approximate surface area is 110 Å². The number of nitrogens with two attached hydrogens (primary N) is 1. The standard InChI is InChI=1S/C12H15N5O2/c1-8(13)9-2-4-10(5-3-9)16-12(18)14-6-11-15-7-19-17-11/h2-5,7-8H,6,13H2,1H3,(H2,14,16,18). The zero-order valence-corrected chi connectivity index (χ0v) is 10.5. The van der Waals surface area contributed by atoms with Gasteiger partial charge in [0.2, 0.25) is 6.39 Å². The van der Waals surface area contributed by atoms with Crippen LogP contribution in [0.1, 0.15) is 24.4 Å². The van der Waals surface area contributed by atoms with Gasteiger partial charge >= 0.3 is 6.03 Å². The molecule has 7 nitrogen and oxygen atoms in total. The van der Waals surface area contributed by atoms with E-state index in [-0.39, 0.29) is 18.6 Å². The second-order valence-corrected chi connectivity index (χ2v) is 4.07. The molecule has 4 N–H and O–H groups in total. The summed E-state index contributed by atoms with van der Waals surface area (Å²) in [6.07, 6.45) is 1.21. The molecule has 100 valence electrons. The first-order chi connectivity index (χ1) is 9.15. The minimum Gasteiger partial charge on any atom is -0.343 e. The van der Waals surface area contributed by atoms with E-state index in [1.165, 1.54) is 6.39 Å². The molecule has 0 bridgehead atoms. The van der Waals surface area contributed by atoms with Crippen LogP contribution in [0.4, 0.5) is 10.5 Å². The molecule has 2 amide bonds. The zero-order chi connectivity index (χ0) is 13.7. The van der Waals surface area contributed by atoms with E-state index in [1.54, 1.807) is 12.1 Å². The normalized spacial score (nSPS) is 11.9. The Bertz CT molecular complexity index is 522. The second kappa shape index (κ2) is 5.96. The van der Waals surface area contributed by atoms with Gasteiger partial charge < -0.3 is 20.9 Å². The quantitative estimate of drug-likeness (QED) is 0.771. The molecule has 1 unspecified atom stereocenters. The van der Waals surface area contributed by atoms with Crippen LogP contribution in [-0.4, -0.2) is 16.2 Å². The first kappa shape index (κ1) is 13.0. The number of carbonyl (C=O) groups is 1. The molecular formula is C12H15N5O2. The van der Waals surface area contributed by atoms with E-state index in [1.807, 2.05) is 19.1 Å². The van der Waals surface area contributed by atoms with Crippen molar-refractivity contribution in [3.63, 3.8) is 0 Å². The summed E-state index contributed by atoms with van der Waals surface area (Å²) in [6, 6.07) is 6.98. The van der Waals surface area contributed by atoms with Crippen molar-refractivity contribution in [1.29, 1.82) is 0 Å². The largest absolute Gasteiger partial charge is 0.343 e. The fourth-order valence-corrected chi connectivity index (χ4v) is 1.47. The van der Waals surface area contributed by atoms with Crippen molar-refractivity contribution in [2.45, 2.75) is 19.5 Å². The fraction of sp³-hybridized carbons (Fsp3) is 0.250. The molecule has 2 rings (SSSR count). The molecule has 1 aromatic heterocycles. The lowest BCUT2D eigenvalue weighted by Gasteiger charge is -2.08. The van der Waals surface area contributed by atoms with Crippen LogP contribution in [-0.2, 0) is 6.54 Å². The average molecular weight is 261 g/mol. The van der Waals surface area contributed by atoms with E-state index in [0.717, 1.165) is 5.56 Å². The summed E-state index contributed by atoms with van der Waals surface area (Å²) in [7, 11) is 0. The van der Waals surface area contributed by atoms with Crippen LogP contribution in [0.15, 0.2) is 35.2 Å². The molecule has 2 aromatic rings. The number of hydrogen-bond acceptors (Lipinski definition) is 5. The molecule has 1 heterocycles. The Balaban J connectivity index is 1.84. The van der Waals surface area contributed by atoms with Crippen LogP contribution in [0.25, 0.3) is 0 Å². The van der Waals surface area contributed by atoms with Gasteiger partial charge in [0.25, 0.3) is 0 Å². The summed E-state index contributed by atoms with van der Waals surface area (Å²) in [5.74, 6) is 0.419. The predicted molar refractivity (Wildman–Crippen MR) is 69.2 cm³/mol. The van der Waals surface area contributed by atoms with Crippen LogP contribution in [0.3, 0.4) is 0 Å².